The van der Waals surface area contributed by atoms with Gasteiger partial charge in [-0.15, -0.1) is 0 Å². The first-order valence-corrected chi connectivity index (χ1v) is 9.67. The molecule has 0 radical (unpaired) electrons. The van der Waals surface area contributed by atoms with Gasteiger partial charge in [0, 0.05) is 17.5 Å². The highest BCUT2D eigenvalue weighted by Crippen LogP contribution is 2.43. The van der Waals surface area contributed by atoms with E-state index in [0.29, 0.717) is 12.0 Å². The van der Waals surface area contributed by atoms with Crippen molar-refractivity contribution in [1.29, 1.82) is 0 Å². The number of unbranched alkanes of at least 4 members (excludes halogenated alkanes) is 3. The molecule has 2 heteroatoms. The average molecular weight is 296 g/mol. The van der Waals surface area contributed by atoms with Crippen LogP contribution in [0.15, 0.2) is 0 Å². The molecular formula is C19H37NO. The second kappa shape index (κ2) is 8.53. The fourth-order valence-corrected chi connectivity index (χ4v) is 4.84. The van der Waals surface area contributed by atoms with Gasteiger partial charge in [0.1, 0.15) is 0 Å². The van der Waals surface area contributed by atoms with Gasteiger partial charge in [-0.05, 0) is 44.9 Å². The summed E-state index contributed by atoms with van der Waals surface area (Å²) in [7, 11) is 0. The predicted octanol–water partition coefficient (Wildman–Crippen LogP) is 4.80. The minimum atomic E-state index is -0.0628. The second-order valence-electron chi connectivity index (χ2n) is 7.59. The van der Waals surface area contributed by atoms with Gasteiger partial charge in [0.05, 0.1) is 6.10 Å². The Bertz CT molecular complexity index is 289. The van der Waals surface area contributed by atoms with Gasteiger partial charge in [0.25, 0.3) is 0 Å². The monoisotopic (exact) mass is 295 g/mol. The van der Waals surface area contributed by atoms with Gasteiger partial charge in [-0.3, -0.25) is 0 Å². The van der Waals surface area contributed by atoms with Crippen LogP contribution in [0, 0.1) is 5.92 Å². The highest BCUT2D eigenvalue weighted by molar-refractivity contribution is 5.04. The van der Waals surface area contributed by atoms with Crippen LogP contribution in [0.5, 0.6) is 0 Å². The van der Waals surface area contributed by atoms with E-state index in [4.69, 9.17) is 0 Å². The SMILES string of the molecule is CCCCCC1CCCC2(CCC[C@@H](O)[C@@H]2CCCC)N1. The van der Waals surface area contributed by atoms with E-state index in [9.17, 15) is 5.11 Å². The number of piperidine rings is 1. The van der Waals surface area contributed by atoms with E-state index >= 15 is 0 Å². The summed E-state index contributed by atoms with van der Waals surface area (Å²) in [5.41, 5.74) is 0.266. The van der Waals surface area contributed by atoms with Gasteiger partial charge < -0.3 is 10.4 Å². The lowest BCUT2D eigenvalue weighted by molar-refractivity contribution is -0.0257. The van der Waals surface area contributed by atoms with Crippen LogP contribution in [0.2, 0.25) is 0 Å². The lowest BCUT2D eigenvalue weighted by Crippen LogP contribution is -2.62. The minimum absolute atomic E-state index is 0.0628. The molecule has 21 heavy (non-hydrogen) atoms. The van der Waals surface area contributed by atoms with Crippen LogP contribution in [-0.2, 0) is 0 Å². The Morgan fingerprint density at radius 1 is 0.952 bits per heavy atom. The normalized spacial score (nSPS) is 37.0. The summed E-state index contributed by atoms with van der Waals surface area (Å²) in [6.07, 6.45) is 16.6. The van der Waals surface area contributed by atoms with Crippen LogP contribution in [0.4, 0.5) is 0 Å². The maximum Gasteiger partial charge on any atom is 0.0586 e. The summed E-state index contributed by atoms with van der Waals surface area (Å²) in [4.78, 5) is 0. The first-order chi connectivity index (χ1) is 10.2. The van der Waals surface area contributed by atoms with E-state index < -0.39 is 0 Å². The Hall–Kier alpha value is -0.0800. The standard InChI is InChI=1S/C19H37NO/c1-3-5-7-10-16-11-8-14-19(20-16)15-9-13-18(21)17(19)12-6-4-2/h16-18,20-21H,3-15H2,1-2H3/t16?,17-,18+,19?/m0/s1. The Balaban J connectivity index is 1.98. The molecule has 2 unspecified atom stereocenters. The number of hydrogen-bond donors (Lipinski definition) is 2. The molecule has 1 spiro atoms. The van der Waals surface area contributed by atoms with Gasteiger partial charge in [0.15, 0.2) is 0 Å². The van der Waals surface area contributed by atoms with Crippen molar-refractivity contribution >= 4 is 0 Å². The third kappa shape index (κ3) is 4.45. The molecule has 4 atom stereocenters. The molecule has 0 aromatic heterocycles. The zero-order valence-corrected chi connectivity index (χ0v) is 14.4. The van der Waals surface area contributed by atoms with Crippen molar-refractivity contribution in [2.45, 2.75) is 115 Å². The van der Waals surface area contributed by atoms with Crippen LogP contribution in [0.25, 0.3) is 0 Å². The molecule has 2 nitrogen and oxygen atoms in total. The van der Waals surface area contributed by atoms with Crippen LogP contribution in [-0.4, -0.2) is 22.8 Å². The highest BCUT2D eigenvalue weighted by Gasteiger charge is 2.46. The van der Waals surface area contributed by atoms with Crippen molar-refractivity contribution in [2.75, 3.05) is 0 Å². The zero-order valence-electron chi connectivity index (χ0n) is 14.4. The summed E-state index contributed by atoms with van der Waals surface area (Å²) in [6.45, 7) is 4.55. The third-order valence-corrected chi connectivity index (χ3v) is 5.99. The van der Waals surface area contributed by atoms with E-state index in [1.807, 2.05) is 0 Å². The maximum absolute atomic E-state index is 10.6. The number of aliphatic hydroxyl groups is 1. The third-order valence-electron chi connectivity index (χ3n) is 5.99. The predicted molar refractivity (Wildman–Crippen MR) is 90.5 cm³/mol. The minimum Gasteiger partial charge on any atom is -0.393 e. The van der Waals surface area contributed by atoms with Gasteiger partial charge in [-0.1, -0.05) is 52.4 Å². The lowest BCUT2D eigenvalue weighted by Gasteiger charge is -2.52. The molecule has 0 bridgehead atoms. The van der Waals surface area contributed by atoms with E-state index in [2.05, 4.69) is 19.2 Å². The Labute approximate surface area is 132 Å². The van der Waals surface area contributed by atoms with Gasteiger partial charge in [-0.25, -0.2) is 0 Å². The highest BCUT2D eigenvalue weighted by atomic mass is 16.3. The summed E-state index contributed by atoms with van der Waals surface area (Å²) in [5.74, 6) is 0.500. The fraction of sp³-hybridized carbons (Fsp3) is 1.00. The van der Waals surface area contributed by atoms with E-state index in [0.717, 1.165) is 6.42 Å². The van der Waals surface area contributed by atoms with Gasteiger partial charge in [0.2, 0.25) is 0 Å². The maximum atomic E-state index is 10.6. The Morgan fingerprint density at radius 3 is 2.38 bits per heavy atom. The molecule has 1 saturated heterocycles. The molecule has 124 valence electrons. The molecule has 0 aromatic rings. The molecule has 1 heterocycles. The van der Waals surface area contributed by atoms with Crippen molar-refractivity contribution < 1.29 is 5.11 Å². The Kier molecular flexibility index (Phi) is 7.01. The van der Waals surface area contributed by atoms with Crippen molar-refractivity contribution in [3.05, 3.63) is 0 Å². The van der Waals surface area contributed by atoms with Crippen LogP contribution in [0.1, 0.15) is 97.3 Å². The number of nitrogens with one attached hydrogen (secondary N) is 1. The molecule has 2 aliphatic rings. The van der Waals surface area contributed by atoms with E-state index in [-0.39, 0.29) is 11.6 Å². The molecule has 0 amide bonds. The molecular weight excluding hydrogens is 258 g/mol. The lowest BCUT2D eigenvalue weighted by atomic mass is 9.64. The van der Waals surface area contributed by atoms with E-state index in [1.54, 1.807) is 0 Å². The molecule has 2 N–H and O–H groups in total. The quantitative estimate of drug-likeness (QED) is 0.661. The number of rotatable bonds is 7. The molecule has 1 aliphatic carbocycles. The van der Waals surface area contributed by atoms with Crippen molar-refractivity contribution in [3.8, 4) is 0 Å². The number of aliphatic hydroxyl groups excluding tert-OH is 1. The summed E-state index contributed by atoms with van der Waals surface area (Å²) < 4.78 is 0. The van der Waals surface area contributed by atoms with Crippen molar-refractivity contribution in [1.82, 2.24) is 5.32 Å². The average Bonchev–Trinajstić information content (AvgIpc) is 2.47. The van der Waals surface area contributed by atoms with Crippen LogP contribution in [0.3, 0.4) is 0 Å². The molecule has 1 saturated carbocycles. The first kappa shape index (κ1) is 17.3. The van der Waals surface area contributed by atoms with Crippen molar-refractivity contribution in [3.63, 3.8) is 0 Å². The smallest absolute Gasteiger partial charge is 0.0586 e. The molecule has 1 aliphatic heterocycles. The topological polar surface area (TPSA) is 32.3 Å². The summed E-state index contributed by atoms with van der Waals surface area (Å²) in [5, 5.41) is 14.6. The second-order valence-corrected chi connectivity index (χ2v) is 7.59. The number of hydrogen-bond acceptors (Lipinski definition) is 2. The molecule has 0 aromatic carbocycles. The zero-order chi connectivity index (χ0) is 15.1. The van der Waals surface area contributed by atoms with Gasteiger partial charge in [-0.2, -0.15) is 0 Å². The van der Waals surface area contributed by atoms with Crippen molar-refractivity contribution in [2.24, 2.45) is 5.92 Å². The van der Waals surface area contributed by atoms with E-state index in [1.165, 1.54) is 77.0 Å². The Morgan fingerprint density at radius 2 is 1.67 bits per heavy atom. The summed E-state index contributed by atoms with van der Waals surface area (Å²) >= 11 is 0. The van der Waals surface area contributed by atoms with Crippen LogP contribution < -0.4 is 5.32 Å². The molecule has 2 fully saturated rings. The van der Waals surface area contributed by atoms with Crippen LogP contribution >= 0.6 is 0 Å². The fourth-order valence-electron chi connectivity index (χ4n) is 4.84. The largest absolute Gasteiger partial charge is 0.393 e. The summed E-state index contributed by atoms with van der Waals surface area (Å²) in [6, 6.07) is 0.708. The molecule has 2 rings (SSSR count). The van der Waals surface area contributed by atoms with Gasteiger partial charge >= 0.3 is 0 Å². The first-order valence-electron chi connectivity index (χ1n) is 9.67.